The first-order chi connectivity index (χ1) is 16.9. The van der Waals surface area contributed by atoms with Crippen LogP contribution in [0.4, 0.5) is 4.39 Å². The summed E-state index contributed by atoms with van der Waals surface area (Å²) in [5.74, 6) is 0.773. The number of nitrogens with zero attached hydrogens (tertiary/aromatic N) is 2. The fourth-order valence-corrected chi connectivity index (χ4v) is 4.97. The monoisotopic (exact) mass is 502 g/mol. The van der Waals surface area contributed by atoms with Gasteiger partial charge in [0.05, 0.1) is 6.61 Å². The quantitative estimate of drug-likeness (QED) is 0.512. The Hall–Kier alpha value is -2.80. The van der Waals surface area contributed by atoms with Crippen LogP contribution < -0.4 is 9.47 Å². The van der Waals surface area contributed by atoms with Crippen molar-refractivity contribution in [2.75, 3.05) is 39.4 Å². The zero-order valence-electron chi connectivity index (χ0n) is 19.9. The SMILES string of the molecule is O=C(C[C@@]1(COc2ccc(F)cc2)CCCN(C(=O)COc2ccc(Cl)cc2)C1)N1CCCCC1. The maximum atomic E-state index is 13.3. The Morgan fingerprint density at radius 3 is 2.17 bits per heavy atom. The zero-order chi connectivity index (χ0) is 24.7. The summed E-state index contributed by atoms with van der Waals surface area (Å²) in [5, 5.41) is 0.601. The first kappa shape index (κ1) is 25.3. The number of ether oxygens (including phenoxy) is 2. The number of amides is 2. The maximum absolute atomic E-state index is 13.3. The summed E-state index contributed by atoms with van der Waals surface area (Å²) in [6.45, 7) is 2.78. The summed E-state index contributed by atoms with van der Waals surface area (Å²) >= 11 is 5.91. The Morgan fingerprint density at radius 1 is 0.829 bits per heavy atom. The summed E-state index contributed by atoms with van der Waals surface area (Å²) in [6, 6.07) is 12.8. The third-order valence-electron chi connectivity index (χ3n) is 6.78. The number of piperidine rings is 2. The highest BCUT2D eigenvalue weighted by molar-refractivity contribution is 6.30. The van der Waals surface area contributed by atoms with Crippen molar-refractivity contribution in [3.63, 3.8) is 0 Å². The lowest BCUT2D eigenvalue weighted by Crippen LogP contribution is -2.52. The lowest BCUT2D eigenvalue weighted by atomic mass is 9.77. The average Bonchev–Trinajstić information content (AvgIpc) is 2.88. The van der Waals surface area contributed by atoms with Gasteiger partial charge in [-0.3, -0.25) is 9.59 Å². The second-order valence-electron chi connectivity index (χ2n) is 9.52. The Morgan fingerprint density at radius 2 is 1.46 bits per heavy atom. The fourth-order valence-electron chi connectivity index (χ4n) is 4.84. The number of likely N-dealkylation sites (tertiary alicyclic amines) is 2. The molecule has 0 spiro atoms. The van der Waals surface area contributed by atoms with Gasteiger partial charge in [0.15, 0.2) is 6.61 Å². The molecule has 1 atom stereocenters. The second kappa shape index (κ2) is 11.8. The molecule has 4 rings (SSSR count). The van der Waals surface area contributed by atoms with E-state index in [0.717, 1.165) is 45.2 Å². The summed E-state index contributed by atoms with van der Waals surface area (Å²) in [6.07, 6.45) is 5.06. The molecule has 0 bridgehead atoms. The molecule has 0 saturated carbocycles. The molecular formula is C27H32ClFN2O4. The first-order valence-electron chi connectivity index (χ1n) is 12.2. The Labute approximate surface area is 210 Å². The van der Waals surface area contributed by atoms with Crippen molar-refractivity contribution in [1.82, 2.24) is 9.80 Å². The van der Waals surface area contributed by atoms with Gasteiger partial charge in [0.2, 0.25) is 5.91 Å². The molecule has 2 aromatic carbocycles. The van der Waals surface area contributed by atoms with Crippen molar-refractivity contribution in [3.05, 3.63) is 59.4 Å². The second-order valence-corrected chi connectivity index (χ2v) is 9.96. The third-order valence-corrected chi connectivity index (χ3v) is 7.04. The van der Waals surface area contributed by atoms with Crippen LogP contribution in [0.5, 0.6) is 11.5 Å². The van der Waals surface area contributed by atoms with Gasteiger partial charge >= 0.3 is 0 Å². The number of halogens is 2. The molecule has 0 radical (unpaired) electrons. The van der Waals surface area contributed by atoms with Gasteiger partial charge in [-0.25, -0.2) is 4.39 Å². The molecule has 0 aromatic heterocycles. The van der Waals surface area contributed by atoms with Crippen LogP contribution in [0.3, 0.4) is 0 Å². The van der Waals surface area contributed by atoms with Crippen LogP contribution >= 0.6 is 11.6 Å². The molecule has 2 fully saturated rings. The highest BCUT2D eigenvalue weighted by Crippen LogP contribution is 2.36. The molecule has 0 aliphatic carbocycles. The van der Waals surface area contributed by atoms with Crippen LogP contribution in [0, 0.1) is 11.2 Å². The van der Waals surface area contributed by atoms with Crippen molar-refractivity contribution < 1.29 is 23.5 Å². The molecule has 0 unspecified atom stereocenters. The molecule has 2 aliphatic heterocycles. The fraction of sp³-hybridized carbons (Fsp3) is 0.481. The van der Waals surface area contributed by atoms with Gasteiger partial charge in [0.1, 0.15) is 17.3 Å². The normalized spacial score (nSPS) is 20.4. The summed E-state index contributed by atoms with van der Waals surface area (Å²) < 4.78 is 25.0. The van der Waals surface area contributed by atoms with Crippen molar-refractivity contribution in [2.45, 2.75) is 38.5 Å². The van der Waals surface area contributed by atoms with Crippen LogP contribution in [0.1, 0.15) is 38.5 Å². The average molecular weight is 503 g/mol. The van der Waals surface area contributed by atoms with Gasteiger partial charge in [-0.1, -0.05) is 11.6 Å². The third kappa shape index (κ3) is 7.10. The topological polar surface area (TPSA) is 59.1 Å². The van der Waals surface area contributed by atoms with Crippen molar-refractivity contribution >= 4 is 23.4 Å². The van der Waals surface area contributed by atoms with E-state index < -0.39 is 5.41 Å². The summed E-state index contributed by atoms with van der Waals surface area (Å²) in [4.78, 5) is 30.0. The summed E-state index contributed by atoms with van der Waals surface area (Å²) in [7, 11) is 0. The Bertz CT molecular complexity index is 995. The smallest absolute Gasteiger partial charge is 0.260 e. The molecule has 2 aromatic rings. The van der Waals surface area contributed by atoms with Crippen LogP contribution in [-0.4, -0.2) is 61.0 Å². The minimum absolute atomic E-state index is 0.0867. The van der Waals surface area contributed by atoms with E-state index in [1.54, 1.807) is 41.3 Å². The molecule has 35 heavy (non-hydrogen) atoms. The van der Waals surface area contributed by atoms with Crippen LogP contribution in [-0.2, 0) is 9.59 Å². The minimum atomic E-state index is -0.517. The number of benzene rings is 2. The van der Waals surface area contributed by atoms with Gasteiger partial charge < -0.3 is 19.3 Å². The molecule has 188 valence electrons. The number of carbonyl (C=O) groups is 2. The molecular weight excluding hydrogens is 471 g/mol. The lowest BCUT2D eigenvalue weighted by Gasteiger charge is -2.43. The largest absolute Gasteiger partial charge is 0.493 e. The van der Waals surface area contributed by atoms with Crippen LogP contribution in [0.15, 0.2) is 48.5 Å². The number of hydrogen-bond donors (Lipinski definition) is 0. The standard InChI is InChI=1S/C27H32ClFN2O4/c28-21-5-9-23(10-6-21)34-18-26(33)31-16-4-13-27(19-31,17-25(32)30-14-2-1-3-15-30)20-35-24-11-7-22(29)8-12-24/h5-12H,1-4,13-20H2/t27-/m0/s1. The molecule has 0 N–H and O–H groups in total. The summed E-state index contributed by atoms with van der Waals surface area (Å²) in [5.41, 5.74) is -0.517. The minimum Gasteiger partial charge on any atom is -0.493 e. The van der Waals surface area contributed by atoms with E-state index in [1.165, 1.54) is 12.1 Å². The van der Waals surface area contributed by atoms with E-state index in [-0.39, 0.29) is 30.8 Å². The van der Waals surface area contributed by atoms with E-state index in [1.807, 2.05) is 4.90 Å². The van der Waals surface area contributed by atoms with Crippen molar-refractivity contribution in [1.29, 1.82) is 0 Å². The number of hydrogen-bond acceptors (Lipinski definition) is 4. The maximum Gasteiger partial charge on any atom is 0.260 e. The van der Waals surface area contributed by atoms with Gasteiger partial charge in [0.25, 0.3) is 5.91 Å². The van der Waals surface area contributed by atoms with E-state index in [9.17, 15) is 14.0 Å². The van der Waals surface area contributed by atoms with Crippen LogP contribution in [0.2, 0.25) is 5.02 Å². The highest BCUT2D eigenvalue weighted by atomic mass is 35.5. The van der Waals surface area contributed by atoms with Crippen molar-refractivity contribution in [2.24, 2.45) is 5.41 Å². The number of rotatable bonds is 8. The predicted octanol–water partition coefficient (Wildman–Crippen LogP) is 4.95. The van der Waals surface area contributed by atoms with E-state index >= 15 is 0 Å². The molecule has 2 saturated heterocycles. The van der Waals surface area contributed by atoms with E-state index in [0.29, 0.717) is 36.0 Å². The molecule has 8 heteroatoms. The molecule has 2 heterocycles. The van der Waals surface area contributed by atoms with E-state index in [4.69, 9.17) is 21.1 Å². The Kier molecular flexibility index (Phi) is 8.50. The molecule has 2 amide bonds. The van der Waals surface area contributed by atoms with E-state index in [2.05, 4.69) is 0 Å². The van der Waals surface area contributed by atoms with Crippen molar-refractivity contribution in [3.8, 4) is 11.5 Å². The molecule has 2 aliphatic rings. The zero-order valence-corrected chi connectivity index (χ0v) is 20.6. The van der Waals surface area contributed by atoms with Gasteiger partial charge in [0, 0.05) is 43.0 Å². The predicted molar refractivity (Wildman–Crippen MR) is 132 cm³/mol. The number of carbonyl (C=O) groups excluding carboxylic acids is 2. The van der Waals surface area contributed by atoms with Gasteiger partial charge in [-0.05, 0) is 80.6 Å². The molecule has 6 nitrogen and oxygen atoms in total. The van der Waals surface area contributed by atoms with Crippen LogP contribution in [0.25, 0.3) is 0 Å². The first-order valence-corrected chi connectivity index (χ1v) is 12.6. The van der Waals surface area contributed by atoms with Gasteiger partial charge in [-0.15, -0.1) is 0 Å². The highest BCUT2D eigenvalue weighted by Gasteiger charge is 2.41. The Balaban J connectivity index is 1.43. The lowest BCUT2D eigenvalue weighted by molar-refractivity contribution is -0.143. The van der Waals surface area contributed by atoms with Gasteiger partial charge in [-0.2, -0.15) is 0 Å².